The predicted molar refractivity (Wildman–Crippen MR) is 283 cm³/mol. The Balaban J connectivity index is 0.872. The number of phosphoric acid groups is 5. The van der Waals surface area contributed by atoms with E-state index in [9.17, 15) is 61.8 Å². The molecule has 0 saturated carbocycles. The summed E-state index contributed by atoms with van der Waals surface area (Å²) in [4.78, 5) is 98.6. The van der Waals surface area contributed by atoms with Gasteiger partial charge in [0, 0.05) is 64.4 Å². The van der Waals surface area contributed by atoms with Crippen LogP contribution in [0.4, 0.5) is 5.82 Å². The number of amides is 2. The summed E-state index contributed by atoms with van der Waals surface area (Å²) in [5, 5.41) is 12.8. The Morgan fingerprint density at radius 3 is 1.57 bits per heavy atom. The highest BCUT2D eigenvalue weighted by Gasteiger charge is 2.47. The molecule has 5 fully saturated rings. The summed E-state index contributed by atoms with van der Waals surface area (Å²) in [5.41, 5.74) is 6.45. The average molecular weight is 1300 g/mol. The first kappa shape index (κ1) is 68.3. The number of nitrogens with two attached hydrogens (primary N) is 1. The number of nitrogens with one attached hydrogen (secondary N) is 3. The van der Waals surface area contributed by atoms with Crippen LogP contribution in [0.1, 0.15) is 79.4 Å². The Labute approximate surface area is 480 Å². The fourth-order valence-electron chi connectivity index (χ4n) is 9.65. The third-order valence-electron chi connectivity index (χ3n) is 13.3. The highest BCUT2D eigenvalue weighted by Crippen LogP contribution is 2.53. The molecule has 0 aromatic carbocycles. The Morgan fingerprint density at radius 2 is 1.10 bits per heavy atom. The molecule has 11 N–H and O–H groups in total. The first-order chi connectivity index (χ1) is 39.4. The SMILES string of the molecule is CC(=O)NCCCOP(=O)(O)OC1CC(C)OC1COP(=O)(O)OC1CC(C)OC1COP(=O)(O)OC1CC(C)OC1COP(=O)(O)OC1CC(C)OC1CNC(=O)/C(=C\C=N)OC1CC(n2cnc3c(N)ncnc32)OC1COP(=O)(O)O. The second-order valence-corrected chi connectivity index (χ2v) is 27.1. The monoisotopic (exact) mass is 1300 g/mol. The second-order valence-electron chi connectivity index (χ2n) is 20.2. The van der Waals surface area contributed by atoms with Crippen LogP contribution in [0.5, 0.6) is 0 Å². The number of phosphoric ester groups is 5. The number of hydrogen-bond donors (Lipinski definition) is 10. The largest absolute Gasteiger partial charge is 0.482 e. The molecule has 0 spiro atoms. The van der Waals surface area contributed by atoms with Crippen molar-refractivity contribution in [1.29, 1.82) is 5.41 Å². The fraction of sp³-hybridized carbons (Fsp3) is 0.767. The standard InChI is InChI=1S/C43H71N8O28P5/c1-23-11-30(34(70-23)16-47-43(53)28(7-8-44)74-29-15-39(75-35(29)17-66-80(54,55)56)51-22-50-40-41(45)48-21-49-42(40)51)76-82(59,60)67-19-37-32(13-25(3)72-37)78-84(63,64)69-20-38-33(14-26(4)73-38)79-83(61,62)68-18-36-31(12-24(2)71-36)77-81(57,58)65-10-6-9-46-27(5)52/h7-8,21-26,29-39,44H,6,9-20H2,1-5H3,(H,46,52)(H,47,53)(H,57,58)(H,59,60)(H,61,62)(H,63,64)(H2,45,48,49)(H2,54,55,56)/b28-7+,44-8?. The van der Waals surface area contributed by atoms with Crippen molar-refractivity contribution in [2.75, 3.05) is 51.9 Å². The number of ether oxygens (including phenoxy) is 6. The van der Waals surface area contributed by atoms with Gasteiger partial charge in [-0.3, -0.25) is 54.9 Å². The summed E-state index contributed by atoms with van der Waals surface area (Å²) >= 11 is 0. The van der Waals surface area contributed by atoms with Gasteiger partial charge in [0.15, 0.2) is 17.2 Å². The maximum Gasteiger partial charge on any atom is 0.472 e. The lowest BCUT2D eigenvalue weighted by molar-refractivity contribution is -0.124. The van der Waals surface area contributed by atoms with Gasteiger partial charge < -0.3 is 79.6 Å². The van der Waals surface area contributed by atoms with E-state index in [-0.39, 0.29) is 81.1 Å². The van der Waals surface area contributed by atoms with Gasteiger partial charge in [0.1, 0.15) is 73.0 Å². The highest BCUT2D eigenvalue weighted by molar-refractivity contribution is 7.48. The van der Waals surface area contributed by atoms with Crippen LogP contribution >= 0.6 is 39.1 Å². The minimum atomic E-state index is -5.03. The number of fused-ring (bicyclic) bond motifs is 1. The second kappa shape index (κ2) is 29.4. The molecule has 0 radical (unpaired) electrons. The number of hydrogen-bond acceptors (Lipinski definition) is 27. The van der Waals surface area contributed by atoms with Crippen LogP contribution in [0.3, 0.4) is 0 Å². The smallest absolute Gasteiger partial charge is 0.472 e. The van der Waals surface area contributed by atoms with E-state index in [0.717, 1.165) is 12.3 Å². The van der Waals surface area contributed by atoms with Crippen molar-refractivity contribution in [2.24, 2.45) is 0 Å². The number of nitrogens with zero attached hydrogens (tertiary/aromatic N) is 4. The summed E-state index contributed by atoms with van der Waals surface area (Å²) in [7, 11) is -24.6. The Kier molecular flexibility index (Phi) is 24.0. The number of allylic oxidation sites excluding steroid dienone is 1. The number of rotatable bonds is 32. The van der Waals surface area contributed by atoms with Gasteiger partial charge in [0.25, 0.3) is 5.91 Å². The van der Waals surface area contributed by atoms with Crippen LogP contribution in [-0.4, -0.2) is 198 Å². The van der Waals surface area contributed by atoms with E-state index in [1.807, 2.05) is 0 Å². The molecule has 5 aliphatic heterocycles. The summed E-state index contributed by atoms with van der Waals surface area (Å²) < 4.78 is 148. The molecule has 84 heavy (non-hydrogen) atoms. The first-order valence-corrected chi connectivity index (χ1v) is 33.8. The molecule has 19 atom stereocenters. The number of nitrogen functional groups attached to an aromatic ring is 1. The predicted octanol–water partition coefficient (Wildman–Crippen LogP) is 2.08. The summed E-state index contributed by atoms with van der Waals surface area (Å²) in [5.74, 6) is -1.55. The van der Waals surface area contributed by atoms with E-state index in [2.05, 4.69) is 25.6 Å². The van der Waals surface area contributed by atoms with Gasteiger partial charge in [-0.25, -0.2) is 37.8 Å². The molecule has 2 amide bonds. The van der Waals surface area contributed by atoms with Crippen LogP contribution in [0.2, 0.25) is 0 Å². The lowest BCUT2D eigenvalue weighted by Crippen LogP contribution is -2.40. The van der Waals surface area contributed by atoms with Crippen molar-refractivity contribution in [1.82, 2.24) is 30.2 Å². The zero-order chi connectivity index (χ0) is 61.4. The lowest BCUT2D eigenvalue weighted by atomic mass is 10.1. The molecular weight excluding hydrogens is 1230 g/mol. The maximum atomic E-state index is 13.6. The molecule has 2 aromatic heterocycles. The lowest BCUT2D eigenvalue weighted by Gasteiger charge is -2.26. The third-order valence-corrected chi connectivity index (χ3v) is 17.8. The molecule has 2 aromatic rings. The number of aromatic nitrogens is 4. The van der Waals surface area contributed by atoms with Crippen molar-refractivity contribution in [3.63, 3.8) is 0 Å². The van der Waals surface area contributed by atoms with Gasteiger partial charge >= 0.3 is 39.1 Å². The average Bonchev–Trinajstić information content (AvgIpc) is 2.65. The van der Waals surface area contributed by atoms with Crippen LogP contribution in [0.25, 0.3) is 11.2 Å². The number of imidazole rings is 1. The van der Waals surface area contributed by atoms with E-state index in [0.29, 0.717) is 0 Å². The van der Waals surface area contributed by atoms with Gasteiger partial charge in [0.2, 0.25) is 5.91 Å². The van der Waals surface area contributed by atoms with Crippen molar-refractivity contribution < 1.29 is 131 Å². The van der Waals surface area contributed by atoms with Crippen LogP contribution in [0.15, 0.2) is 24.5 Å². The minimum Gasteiger partial charge on any atom is -0.482 e. The molecule has 0 aliphatic carbocycles. The van der Waals surface area contributed by atoms with Crippen LogP contribution in [0, 0.1) is 5.41 Å². The fourth-order valence-corrected chi connectivity index (χ4v) is 13.9. The van der Waals surface area contributed by atoms with E-state index >= 15 is 0 Å². The zero-order valence-electron chi connectivity index (χ0n) is 45.9. The zero-order valence-corrected chi connectivity index (χ0v) is 50.4. The summed E-state index contributed by atoms with van der Waals surface area (Å²) in [6, 6.07) is 0. The minimum absolute atomic E-state index is 0.00739. The Morgan fingerprint density at radius 1 is 0.643 bits per heavy atom. The van der Waals surface area contributed by atoms with E-state index in [4.69, 9.17) is 80.3 Å². The quantitative estimate of drug-likeness (QED) is 0.0165. The van der Waals surface area contributed by atoms with Gasteiger partial charge in [-0.15, -0.1) is 0 Å². The van der Waals surface area contributed by atoms with Gasteiger partial charge in [-0.1, -0.05) is 0 Å². The molecule has 476 valence electrons. The van der Waals surface area contributed by atoms with Crippen molar-refractivity contribution in [2.45, 2.75) is 165 Å². The number of carbonyl (C=O) groups is 2. The number of carbonyl (C=O) groups excluding carboxylic acids is 2. The molecular formula is C43H71N8O28P5. The van der Waals surface area contributed by atoms with Crippen molar-refractivity contribution in [3.05, 3.63) is 24.5 Å². The van der Waals surface area contributed by atoms with Gasteiger partial charge in [0.05, 0.1) is 69.9 Å². The van der Waals surface area contributed by atoms with E-state index < -0.39 is 169 Å². The molecule has 7 heterocycles. The normalized spacial score (nSPS) is 33.1. The third kappa shape index (κ3) is 20.5. The van der Waals surface area contributed by atoms with Gasteiger partial charge in [-0.2, -0.15) is 0 Å². The molecule has 41 heteroatoms. The number of anilines is 1. The maximum absolute atomic E-state index is 13.6. The Bertz CT molecular complexity index is 2870. The van der Waals surface area contributed by atoms with Crippen LogP contribution in [-0.2, 0) is 102 Å². The van der Waals surface area contributed by atoms with Crippen molar-refractivity contribution in [3.8, 4) is 0 Å². The van der Waals surface area contributed by atoms with E-state index in [1.165, 1.54) is 24.1 Å². The van der Waals surface area contributed by atoms with Gasteiger partial charge in [-0.05, 0) is 34.1 Å². The molecule has 5 aliphatic rings. The molecule has 7 rings (SSSR count). The molecule has 36 nitrogen and oxygen atoms in total. The highest BCUT2D eigenvalue weighted by atomic mass is 31.2. The van der Waals surface area contributed by atoms with Crippen LogP contribution < -0.4 is 16.4 Å². The molecule has 0 bridgehead atoms. The Hall–Kier alpha value is -3.15. The topological polar surface area (TPSA) is 497 Å². The van der Waals surface area contributed by atoms with Crippen molar-refractivity contribution >= 4 is 74.1 Å². The first-order valence-electron chi connectivity index (χ1n) is 26.3. The molecule has 5 saturated heterocycles. The summed E-state index contributed by atoms with van der Waals surface area (Å²) in [6.45, 7) is 4.70. The summed E-state index contributed by atoms with van der Waals surface area (Å²) in [6.07, 6.45) is -10.3. The molecule has 19 unspecified atom stereocenters. The van der Waals surface area contributed by atoms with E-state index in [1.54, 1.807) is 27.7 Å².